The molecule has 19 heavy (non-hydrogen) atoms. The molecule has 0 bridgehead atoms. The van der Waals surface area contributed by atoms with Gasteiger partial charge in [-0.05, 0) is 42.0 Å². The van der Waals surface area contributed by atoms with E-state index in [4.69, 9.17) is 0 Å². The second-order valence-electron chi connectivity index (χ2n) is 4.06. The van der Waals surface area contributed by atoms with Gasteiger partial charge in [0.1, 0.15) is 11.6 Å². The van der Waals surface area contributed by atoms with Gasteiger partial charge < -0.3 is 10.4 Å². The molecule has 2 aromatic carbocycles. The molecule has 100 valence electrons. The maximum atomic E-state index is 13.3. The van der Waals surface area contributed by atoms with Crippen molar-refractivity contribution in [3.05, 3.63) is 64.1 Å². The summed E-state index contributed by atoms with van der Waals surface area (Å²) >= 11 is 3.31. The molecule has 0 aliphatic heterocycles. The van der Waals surface area contributed by atoms with E-state index in [1.54, 1.807) is 18.2 Å². The summed E-state index contributed by atoms with van der Waals surface area (Å²) in [6.07, 6.45) is 0. The van der Waals surface area contributed by atoms with E-state index in [9.17, 15) is 13.9 Å². The van der Waals surface area contributed by atoms with E-state index in [0.717, 1.165) is 0 Å². The molecule has 2 nitrogen and oxygen atoms in total. The normalized spacial score (nSPS) is 12.2. The van der Waals surface area contributed by atoms with Gasteiger partial charge in [-0.3, -0.25) is 0 Å². The lowest BCUT2D eigenvalue weighted by Crippen LogP contribution is -2.15. The minimum atomic E-state index is -0.521. The van der Waals surface area contributed by atoms with Crippen LogP contribution < -0.4 is 5.32 Å². The average Bonchev–Trinajstić information content (AvgIpc) is 2.39. The third-order valence-corrected chi connectivity index (χ3v) is 3.40. The van der Waals surface area contributed by atoms with Gasteiger partial charge in [-0.25, -0.2) is 8.78 Å². The van der Waals surface area contributed by atoms with Gasteiger partial charge in [-0.15, -0.1) is 0 Å². The van der Waals surface area contributed by atoms with Crippen LogP contribution in [0.2, 0.25) is 0 Å². The second-order valence-corrected chi connectivity index (χ2v) is 4.91. The van der Waals surface area contributed by atoms with E-state index in [1.165, 1.54) is 24.3 Å². The summed E-state index contributed by atoms with van der Waals surface area (Å²) in [7, 11) is 0. The number of rotatable bonds is 4. The van der Waals surface area contributed by atoms with Crippen LogP contribution in [0.1, 0.15) is 11.6 Å². The molecule has 0 aliphatic carbocycles. The molecule has 0 fully saturated rings. The molecule has 0 radical (unpaired) electrons. The van der Waals surface area contributed by atoms with E-state index >= 15 is 0 Å². The summed E-state index contributed by atoms with van der Waals surface area (Å²) in [5, 5.41) is 12.4. The fraction of sp³-hybridized carbons (Fsp3) is 0.143. The number of halogens is 3. The first-order valence-corrected chi connectivity index (χ1v) is 6.47. The Balaban J connectivity index is 2.27. The van der Waals surface area contributed by atoms with Gasteiger partial charge in [0.15, 0.2) is 0 Å². The van der Waals surface area contributed by atoms with Crippen molar-refractivity contribution in [3.8, 4) is 0 Å². The lowest BCUT2D eigenvalue weighted by molar-refractivity contribution is 0.276. The third kappa shape index (κ3) is 3.52. The van der Waals surface area contributed by atoms with Gasteiger partial charge >= 0.3 is 0 Å². The van der Waals surface area contributed by atoms with Crippen LogP contribution in [0.3, 0.4) is 0 Å². The van der Waals surface area contributed by atoms with Crippen LogP contribution in [0.15, 0.2) is 46.9 Å². The van der Waals surface area contributed by atoms with Crippen LogP contribution in [-0.4, -0.2) is 11.7 Å². The fourth-order valence-corrected chi connectivity index (χ4v) is 2.31. The lowest BCUT2D eigenvalue weighted by Gasteiger charge is -2.19. The van der Waals surface area contributed by atoms with E-state index in [0.29, 0.717) is 15.7 Å². The number of nitrogens with one attached hydrogen (secondary N) is 1. The number of aliphatic hydroxyl groups excluding tert-OH is 1. The second kappa shape index (κ2) is 6.12. The zero-order chi connectivity index (χ0) is 13.8. The first-order valence-electron chi connectivity index (χ1n) is 5.68. The predicted octanol–water partition coefficient (Wildman–Crippen LogP) is 3.87. The van der Waals surface area contributed by atoms with Crippen molar-refractivity contribution in [3.63, 3.8) is 0 Å². The monoisotopic (exact) mass is 327 g/mol. The maximum Gasteiger partial charge on any atom is 0.125 e. The highest BCUT2D eigenvalue weighted by Crippen LogP contribution is 2.27. The molecule has 1 unspecified atom stereocenters. The molecule has 1 atom stereocenters. The van der Waals surface area contributed by atoms with Gasteiger partial charge in [0.25, 0.3) is 0 Å². The lowest BCUT2D eigenvalue weighted by atomic mass is 10.1. The van der Waals surface area contributed by atoms with Crippen molar-refractivity contribution >= 4 is 21.6 Å². The highest BCUT2D eigenvalue weighted by molar-refractivity contribution is 9.10. The van der Waals surface area contributed by atoms with Crippen LogP contribution in [-0.2, 0) is 0 Å². The molecule has 0 spiro atoms. The molecule has 2 N–H and O–H groups in total. The van der Waals surface area contributed by atoms with Crippen LogP contribution in [0.5, 0.6) is 0 Å². The topological polar surface area (TPSA) is 32.3 Å². The van der Waals surface area contributed by atoms with E-state index < -0.39 is 11.9 Å². The van der Waals surface area contributed by atoms with Gasteiger partial charge in [0.2, 0.25) is 0 Å². The standard InChI is InChI=1S/C14H12BrF2NO/c15-13-5-4-10(17)7-12(13)14(8-19)18-11-3-1-2-9(16)6-11/h1-7,14,18-19H,8H2. The molecule has 0 aliphatic rings. The Hall–Kier alpha value is -1.46. The Kier molecular flexibility index (Phi) is 4.50. The van der Waals surface area contributed by atoms with E-state index in [2.05, 4.69) is 21.2 Å². The van der Waals surface area contributed by atoms with Crippen LogP contribution in [0, 0.1) is 11.6 Å². The Bertz CT molecular complexity index is 577. The van der Waals surface area contributed by atoms with Gasteiger partial charge in [0.05, 0.1) is 12.6 Å². The van der Waals surface area contributed by atoms with Crippen molar-refractivity contribution in [1.82, 2.24) is 0 Å². The number of anilines is 1. The molecule has 0 saturated heterocycles. The Morgan fingerprint density at radius 1 is 1.11 bits per heavy atom. The first-order chi connectivity index (χ1) is 9.10. The number of benzene rings is 2. The van der Waals surface area contributed by atoms with Crippen molar-refractivity contribution in [2.24, 2.45) is 0 Å². The summed E-state index contributed by atoms with van der Waals surface area (Å²) < 4.78 is 27.0. The minimum Gasteiger partial charge on any atom is -0.394 e. The van der Waals surface area contributed by atoms with Gasteiger partial charge in [0, 0.05) is 10.2 Å². The van der Waals surface area contributed by atoms with Crippen molar-refractivity contribution in [2.75, 3.05) is 11.9 Å². The van der Waals surface area contributed by atoms with Crippen molar-refractivity contribution in [2.45, 2.75) is 6.04 Å². The smallest absolute Gasteiger partial charge is 0.125 e. The predicted molar refractivity (Wildman–Crippen MR) is 73.9 cm³/mol. The molecule has 0 amide bonds. The average molecular weight is 328 g/mol. The molecule has 2 aromatic rings. The fourth-order valence-electron chi connectivity index (χ4n) is 1.78. The SMILES string of the molecule is OCC(Nc1cccc(F)c1)c1cc(F)ccc1Br. The number of hydrogen-bond donors (Lipinski definition) is 2. The molecule has 5 heteroatoms. The quantitative estimate of drug-likeness (QED) is 0.893. The van der Waals surface area contributed by atoms with Crippen molar-refractivity contribution < 1.29 is 13.9 Å². The van der Waals surface area contributed by atoms with Crippen molar-refractivity contribution in [1.29, 1.82) is 0 Å². The van der Waals surface area contributed by atoms with Gasteiger partial charge in [-0.1, -0.05) is 22.0 Å². The molecule has 2 rings (SSSR count). The molecular weight excluding hydrogens is 316 g/mol. The maximum absolute atomic E-state index is 13.3. The van der Waals surface area contributed by atoms with Crippen LogP contribution >= 0.6 is 15.9 Å². The molecular formula is C14H12BrF2NO. The van der Waals surface area contributed by atoms with E-state index in [-0.39, 0.29) is 12.4 Å². The zero-order valence-corrected chi connectivity index (χ0v) is 11.5. The van der Waals surface area contributed by atoms with Crippen LogP contribution in [0.25, 0.3) is 0 Å². The summed E-state index contributed by atoms with van der Waals surface area (Å²) in [5.74, 6) is -0.766. The summed E-state index contributed by atoms with van der Waals surface area (Å²) in [6.45, 7) is -0.238. The minimum absolute atomic E-state index is 0.238. The zero-order valence-electron chi connectivity index (χ0n) is 9.91. The van der Waals surface area contributed by atoms with E-state index in [1.807, 2.05) is 0 Å². The first kappa shape index (κ1) is 14.0. The largest absolute Gasteiger partial charge is 0.394 e. The third-order valence-electron chi connectivity index (χ3n) is 2.68. The highest BCUT2D eigenvalue weighted by atomic mass is 79.9. The Morgan fingerprint density at radius 2 is 1.84 bits per heavy atom. The number of hydrogen-bond acceptors (Lipinski definition) is 2. The number of aliphatic hydroxyl groups is 1. The Morgan fingerprint density at radius 3 is 2.53 bits per heavy atom. The van der Waals surface area contributed by atoms with Gasteiger partial charge in [-0.2, -0.15) is 0 Å². The highest BCUT2D eigenvalue weighted by Gasteiger charge is 2.14. The molecule has 0 heterocycles. The van der Waals surface area contributed by atoms with Crippen LogP contribution in [0.4, 0.5) is 14.5 Å². The Labute approximate surface area is 118 Å². The molecule has 0 saturated carbocycles. The summed E-state index contributed by atoms with van der Waals surface area (Å²) in [6, 6.07) is 9.59. The summed E-state index contributed by atoms with van der Waals surface area (Å²) in [5.41, 5.74) is 1.10. The summed E-state index contributed by atoms with van der Waals surface area (Å²) in [4.78, 5) is 0. The molecule has 0 aromatic heterocycles.